The molecule has 1 saturated heterocycles. The third kappa shape index (κ3) is 2.85. The zero-order valence-corrected chi connectivity index (χ0v) is 17.9. The molecule has 3 aromatic carbocycles. The van der Waals surface area contributed by atoms with Crippen LogP contribution < -0.4 is 10.2 Å². The van der Waals surface area contributed by atoms with E-state index in [2.05, 4.69) is 21.2 Å². The molecule has 7 heteroatoms. The zero-order chi connectivity index (χ0) is 20.9. The molecule has 0 unspecified atom stereocenters. The molecule has 5 nitrogen and oxygen atoms in total. The number of phenols is 1. The minimum Gasteiger partial charge on any atom is -0.508 e. The van der Waals surface area contributed by atoms with E-state index in [0.29, 0.717) is 16.3 Å². The largest absolute Gasteiger partial charge is 0.508 e. The first kappa shape index (κ1) is 19.0. The molecule has 5 rings (SSSR count). The van der Waals surface area contributed by atoms with Crippen molar-refractivity contribution in [3.8, 4) is 5.75 Å². The Kier molecular flexibility index (Phi) is 4.45. The molecular formula is C23H15BrN2O3S. The van der Waals surface area contributed by atoms with Gasteiger partial charge in [-0.25, -0.2) is 0 Å². The molecular weight excluding hydrogens is 464 g/mol. The summed E-state index contributed by atoms with van der Waals surface area (Å²) < 4.78 is 0.946. The standard InChI is InChI=1S/C23H15BrN2O3S/c24-15-7-5-14(6-8-15)13-20-21(28)26(16-9-11-17(27)12-10-16)23(30-20)18-3-1-2-4-19(18)25-22(23)29/h1-13,27H,(H,25,29)/b20-13-/t23-/m0/s1. The highest BCUT2D eigenvalue weighted by Crippen LogP contribution is 2.57. The fraction of sp³-hybridized carbons (Fsp3) is 0.0435. The number of benzene rings is 3. The number of thioether (sulfide) groups is 1. The van der Waals surface area contributed by atoms with Gasteiger partial charge in [0.25, 0.3) is 11.8 Å². The van der Waals surface area contributed by atoms with E-state index in [1.54, 1.807) is 18.2 Å². The Morgan fingerprint density at radius 1 is 0.967 bits per heavy atom. The molecule has 3 aromatic rings. The number of carbonyl (C=O) groups is 2. The van der Waals surface area contributed by atoms with Gasteiger partial charge >= 0.3 is 0 Å². The second-order valence-electron chi connectivity index (χ2n) is 6.96. The number of hydrogen-bond acceptors (Lipinski definition) is 4. The summed E-state index contributed by atoms with van der Waals surface area (Å²) in [5, 5.41) is 12.6. The number of nitrogens with zero attached hydrogens (tertiary/aromatic N) is 1. The first-order chi connectivity index (χ1) is 14.5. The van der Waals surface area contributed by atoms with Crippen LogP contribution in [-0.2, 0) is 14.5 Å². The Bertz CT molecular complexity index is 1210. The Morgan fingerprint density at radius 3 is 2.40 bits per heavy atom. The van der Waals surface area contributed by atoms with Crippen molar-refractivity contribution in [1.82, 2.24) is 0 Å². The number of anilines is 2. The summed E-state index contributed by atoms with van der Waals surface area (Å²) in [6.45, 7) is 0. The second kappa shape index (κ2) is 7.04. The summed E-state index contributed by atoms with van der Waals surface area (Å²) >= 11 is 4.65. The van der Waals surface area contributed by atoms with Crippen LogP contribution in [0.25, 0.3) is 6.08 Å². The number of amides is 2. The lowest BCUT2D eigenvalue weighted by Crippen LogP contribution is -2.47. The van der Waals surface area contributed by atoms with Gasteiger partial charge in [0, 0.05) is 21.4 Å². The molecule has 0 radical (unpaired) electrons. The lowest BCUT2D eigenvalue weighted by atomic mass is 10.0. The topological polar surface area (TPSA) is 69.6 Å². The number of aromatic hydroxyl groups is 1. The van der Waals surface area contributed by atoms with E-state index in [4.69, 9.17) is 0 Å². The van der Waals surface area contributed by atoms with Crippen LogP contribution in [0, 0.1) is 0 Å². The Labute approximate surface area is 185 Å². The number of phenolic OH excluding ortho intramolecular Hbond substituents is 1. The molecule has 2 amide bonds. The average Bonchev–Trinajstić information content (AvgIpc) is 3.19. The molecule has 0 aromatic heterocycles. The number of halogens is 1. The Hall–Kier alpha value is -3.03. The van der Waals surface area contributed by atoms with E-state index in [-0.39, 0.29) is 17.6 Å². The fourth-order valence-corrected chi connectivity index (χ4v) is 5.41. The third-order valence-electron chi connectivity index (χ3n) is 5.11. The molecule has 2 heterocycles. The highest BCUT2D eigenvalue weighted by Gasteiger charge is 2.60. The summed E-state index contributed by atoms with van der Waals surface area (Å²) in [6.07, 6.45) is 1.80. The molecule has 1 atom stereocenters. The highest BCUT2D eigenvalue weighted by atomic mass is 79.9. The lowest BCUT2D eigenvalue weighted by Gasteiger charge is -2.31. The van der Waals surface area contributed by atoms with Crippen molar-refractivity contribution in [1.29, 1.82) is 0 Å². The number of hydrogen-bond donors (Lipinski definition) is 2. The van der Waals surface area contributed by atoms with Gasteiger partial charge in [0.15, 0.2) is 0 Å². The predicted molar refractivity (Wildman–Crippen MR) is 122 cm³/mol. The normalized spacial score (nSPS) is 21.4. The molecule has 2 aliphatic heterocycles. The van der Waals surface area contributed by atoms with Crippen LogP contribution in [-0.4, -0.2) is 16.9 Å². The number of nitrogens with one attached hydrogen (secondary N) is 1. The van der Waals surface area contributed by atoms with Gasteiger partial charge in [-0.3, -0.25) is 14.5 Å². The maximum absolute atomic E-state index is 13.6. The number of fused-ring (bicyclic) bond motifs is 2. The number of para-hydroxylation sites is 1. The Balaban J connectivity index is 1.70. The minimum atomic E-state index is -1.24. The zero-order valence-electron chi connectivity index (χ0n) is 15.5. The van der Waals surface area contributed by atoms with Gasteiger partial charge in [0.05, 0.1) is 4.91 Å². The maximum Gasteiger partial charge on any atom is 0.266 e. The molecule has 1 spiro atoms. The van der Waals surface area contributed by atoms with Crippen LogP contribution in [0.1, 0.15) is 11.1 Å². The smallest absolute Gasteiger partial charge is 0.266 e. The van der Waals surface area contributed by atoms with E-state index in [9.17, 15) is 14.7 Å². The van der Waals surface area contributed by atoms with E-state index in [0.717, 1.165) is 15.6 Å². The average molecular weight is 479 g/mol. The molecule has 2 N–H and O–H groups in total. The Morgan fingerprint density at radius 2 is 1.67 bits per heavy atom. The fourth-order valence-electron chi connectivity index (χ4n) is 3.74. The molecule has 0 bridgehead atoms. The monoisotopic (exact) mass is 478 g/mol. The van der Waals surface area contributed by atoms with Crippen LogP contribution in [0.3, 0.4) is 0 Å². The van der Waals surface area contributed by atoms with Gasteiger partial charge in [-0.2, -0.15) is 0 Å². The van der Waals surface area contributed by atoms with E-state index in [1.807, 2.05) is 48.5 Å². The van der Waals surface area contributed by atoms with Gasteiger partial charge in [-0.05, 0) is 54.1 Å². The summed E-state index contributed by atoms with van der Waals surface area (Å²) in [6, 6.07) is 21.3. The van der Waals surface area contributed by atoms with E-state index < -0.39 is 4.87 Å². The van der Waals surface area contributed by atoms with Crippen LogP contribution >= 0.6 is 27.7 Å². The quantitative estimate of drug-likeness (QED) is 0.503. The summed E-state index contributed by atoms with van der Waals surface area (Å²) in [5.41, 5.74) is 2.83. The summed E-state index contributed by atoms with van der Waals surface area (Å²) in [5.74, 6) is -0.441. The molecule has 1 fully saturated rings. The molecule has 0 saturated carbocycles. The summed E-state index contributed by atoms with van der Waals surface area (Å²) in [7, 11) is 0. The van der Waals surface area contributed by atoms with Crippen molar-refractivity contribution in [2.24, 2.45) is 0 Å². The van der Waals surface area contributed by atoms with Crippen molar-refractivity contribution in [3.63, 3.8) is 0 Å². The first-order valence-electron chi connectivity index (χ1n) is 9.20. The van der Waals surface area contributed by atoms with Crippen LogP contribution in [0.4, 0.5) is 11.4 Å². The highest BCUT2D eigenvalue weighted by molar-refractivity contribution is 9.10. The van der Waals surface area contributed by atoms with Crippen molar-refractivity contribution in [2.75, 3.05) is 10.2 Å². The van der Waals surface area contributed by atoms with E-state index in [1.165, 1.54) is 28.8 Å². The van der Waals surface area contributed by atoms with E-state index >= 15 is 0 Å². The van der Waals surface area contributed by atoms with Crippen molar-refractivity contribution >= 4 is 57.0 Å². The molecule has 148 valence electrons. The third-order valence-corrected chi connectivity index (χ3v) is 7.03. The molecule has 0 aliphatic carbocycles. The number of carbonyl (C=O) groups excluding carboxylic acids is 2. The second-order valence-corrected chi connectivity index (χ2v) is 9.11. The van der Waals surface area contributed by atoms with Gasteiger partial charge in [0.2, 0.25) is 4.87 Å². The van der Waals surface area contributed by atoms with Crippen LogP contribution in [0.5, 0.6) is 5.75 Å². The number of rotatable bonds is 2. The first-order valence-corrected chi connectivity index (χ1v) is 10.8. The van der Waals surface area contributed by atoms with Gasteiger partial charge < -0.3 is 10.4 Å². The van der Waals surface area contributed by atoms with Crippen molar-refractivity contribution in [3.05, 3.63) is 93.3 Å². The predicted octanol–water partition coefficient (Wildman–Crippen LogP) is 5.08. The minimum absolute atomic E-state index is 0.0917. The van der Waals surface area contributed by atoms with Gasteiger partial charge in [-0.1, -0.05) is 58.0 Å². The molecule has 30 heavy (non-hydrogen) atoms. The lowest BCUT2D eigenvalue weighted by molar-refractivity contribution is -0.121. The van der Waals surface area contributed by atoms with Crippen LogP contribution in [0.15, 0.2) is 82.2 Å². The SMILES string of the molecule is O=C1/C(=C/c2ccc(Br)cc2)S[C@@]2(C(=O)Nc3ccccc32)N1c1ccc(O)cc1. The van der Waals surface area contributed by atoms with Crippen LogP contribution in [0.2, 0.25) is 0 Å². The maximum atomic E-state index is 13.6. The molecule has 2 aliphatic rings. The van der Waals surface area contributed by atoms with Crippen molar-refractivity contribution < 1.29 is 14.7 Å². The van der Waals surface area contributed by atoms with Gasteiger partial charge in [-0.15, -0.1) is 0 Å². The summed E-state index contributed by atoms with van der Waals surface area (Å²) in [4.78, 5) is 27.6. The van der Waals surface area contributed by atoms with Gasteiger partial charge in [0.1, 0.15) is 5.75 Å². The van der Waals surface area contributed by atoms with Crippen molar-refractivity contribution in [2.45, 2.75) is 4.87 Å².